The first-order valence-electron chi connectivity index (χ1n) is 8.12. The highest BCUT2D eigenvalue weighted by molar-refractivity contribution is 7.11. The second-order valence-corrected chi connectivity index (χ2v) is 6.82. The van der Waals surface area contributed by atoms with Crippen molar-refractivity contribution in [3.63, 3.8) is 0 Å². The molecule has 0 bridgehead atoms. The lowest BCUT2D eigenvalue weighted by Crippen LogP contribution is -2.41. The SMILES string of the molecule is CCCN=C(NCCc1ccco1)N(C)CCc1ncc(C)s1. The molecule has 23 heavy (non-hydrogen) atoms. The summed E-state index contributed by atoms with van der Waals surface area (Å²) in [5.41, 5.74) is 0. The molecule has 2 aromatic rings. The van der Waals surface area contributed by atoms with Gasteiger partial charge in [-0.2, -0.15) is 0 Å². The van der Waals surface area contributed by atoms with Crippen LogP contribution in [0.3, 0.4) is 0 Å². The van der Waals surface area contributed by atoms with Gasteiger partial charge in [0, 0.05) is 50.6 Å². The van der Waals surface area contributed by atoms with Crippen molar-refractivity contribution >= 4 is 17.3 Å². The van der Waals surface area contributed by atoms with Crippen LogP contribution < -0.4 is 5.32 Å². The Morgan fingerprint density at radius 1 is 1.43 bits per heavy atom. The zero-order chi connectivity index (χ0) is 16.5. The lowest BCUT2D eigenvalue weighted by Gasteiger charge is -2.22. The topological polar surface area (TPSA) is 53.7 Å². The van der Waals surface area contributed by atoms with Crippen LogP contribution in [0, 0.1) is 6.92 Å². The minimum atomic E-state index is 0.816. The molecule has 0 radical (unpaired) electrons. The molecule has 6 heteroatoms. The third-order valence-corrected chi connectivity index (χ3v) is 4.38. The molecule has 0 aromatic carbocycles. The first-order valence-corrected chi connectivity index (χ1v) is 8.94. The Morgan fingerprint density at radius 2 is 2.30 bits per heavy atom. The van der Waals surface area contributed by atoms with Crippen molar-refractivity contribution in [1.29, 1.82) is 0 Å². The van der Waals surface area contributed by atoms with Gasteiger partial charge in [0.05, 0.1) is 11.3 Å². The largest absolute Gasteiger partial charge is 0.469 e. The minimum Gasteiger partial charge on any atom is -0.469 e. The fourth-order valence-corrected chi connectivity index (χ4v) is 2.94. The highest BCUT2D eigenvalue weighted by Crippen LogP contribution is 2.11. The molecule has 0 amide bonds. The molecule has 2 heterocycles. The van der Waals surface area contributed by atoms with Crippen LogP contribution in [0.4, 0.5) is 0 Å². The van der Waals surface area contributed by atoms with E-state index in [9.17, 15) is 0 Å². The maximum atomic E-state index is 5.36. The smallest absolute Gasteiger partial charge is 0.193 e. The summed E-state index contributed by atoms with van der Waals surface area (Å²) in [7, 11) is 2.08. The molecule has 0 aliphatic heterocycles. The van der Waals surface area contributed by atoms with Crippen molar-refractivity contribution in [3.05, 3.63) is 40.2 Å². The first kappa shape index (κ1) is 17.5. The van der Waals surface area contributed by atoms with Gasteiger partial charge in [-0.05, 0) is 25.5 Å². The Kier molecular flexibility index (Phi) is 7.13. The number of aromatic nitrogens is 1. The normalized spacial score (nSPS) is 11.7. The molecule has 0 atom stereocenters. The fourth-order valence-electron chi connectivity index (χ4n) is 2.17. The lowest BCUT2D eigenvalue weighted by atomic mass is 10.3. The van der Waals surface area contributed by atoms with Gasteiger partial charge in [0.25, 0.3) is 0 Å². The Labute approximate surface area is 142 Å². The average molecular weight is 334 g/mol. The van der Waals surface area contributed by atoms with Crippen molar-refractivity contribution in [2.45, 2.75) is 33.1 Å². The van der Waals surface area contributed by atoms with Gasteiger partial charge >= 0.3 is 0 Å². The Hall–Kier alpha value is -1.82. The number of aryl methyl sites for hydroxylation is 1. The van der Waals surface area contributed by atoms with Crippen LogP contribution in [0.1, 0.15) is 29.0 Å². The van der Waals surface area contributed by atoms with Gasteiger partial charge in [-0.1, -0.05) is 6.92 Å². The number of aliphatic imine (C=N–C) groups is 1. The van der Waals surface area contributed by atoms with E-state index in [-0.39, 0.29) is 0 Å². The summed E-state index contributed by atoms with van der Waals surface area (Å²) in [4.78, 5) is 12.5. The Bertz CT molecular complexity index is 592. The van der Waals surface area contributed by atoms with E-state index >= 15 is 0 Å². The highest BCUT2D eigenvalue weighted by atomic mass is 32.1. The molecule has 0 aliphatic rings. The van der Waals surface area contributed by atoms with Gasteiger partial charge in [-0.15, -0.1) is 11.3 Å². The van der Waals surface area contributed by atoms with E-state index in [4.69, 9.17) is 4.42 Å². The van der Waals surface area contributed by atoms with E-state index in [1.807, 2.05) is 18.3 Å². The van der Waals surface area contributed by atoms with Crippen molar-refractivity contribution < 1.29 is 4.42 Å². The number of hydrogen-bond donors (Lipinski definition) is 1. The van der Waals surface area contributed by atoms with E-state index in [1.54, 1.807) is 17.6 Å². The molecular formula is C17H26N4OS. The standard InChI is InChI=1S/C17H26N4OS/c1-4-9-18-17(19-10-7-15-6-5-12-22-15)21(3)11-8-16-20-13-14(2)23-16/h5-6,12-13H,4,7-11H2,1-3H3,(H,18,19). The van der Waals surface area contributed by atoms with Crippen molar-refractivity contribution in [1.82, 2.24) is 15.2 Å². The van der Waals surface area contributed by atoms with Crippen LogP contribution >= 0.6 is 11.3 Å². The monoisotopic (exact) mass is 334 g/mol. The van der Waals surface area contributed by atoms with Gasteiger partial charge < -0.3 is 14.6 Å². The van der Waals surface area contributed by atoms with Crippen LogP contribution in [-0.2, 0) is 12.8 Å². The molecule has 2 rings (SSSR count). The van der Waals surface area contributed by atoms with Gasteiger partial charge in [0.2, 0.25) is 0 Å². The third kappa shape index (κ3) is 6.06. The number of furan rings is 1. The summed E-state index contributed by atoms with van der Waals surface area (Å²) >= 11 is 1.76. The predicted octanol–water partition coefficient (Wildman–Crippen LogP) is 3.12. The number of likely N-dealkylation sites (N-methyl/N-ethyl adjacent to an activating group) is 1. The van der Waals surface area contributed by atoms with Gasteiger partial charge in [0.15, 0.2) is 5.96 Å². The fraction of sp³-hybridized carbons (Fsp3) is 0.529. The van der Waals surface area contributed by atoms with Crippen LogP contribution in [0.5, 0.6) is 0 Å². The minimum absolute atomic E-state index is 0.816. The van der Waals surface area contributed by atoms with Gasteiger partial charge in [-0.25, -0.2) is 4.98 Å². The van der Waals surface area contributed by atoms with E-state index in [1.165, 1.54) is 9.88 Å². The van der Waals surface area contributed by atoms with Crippen molar-refractivity contribution in [3.8, 4) is 0 Å². The number of nitrogens with zero attached hydrogens (tertiary/aromatic N) is 3. The highest BCUT2D eigenvalue weighted by Gasteiger charge is 2.08. The van der Waals surface area contributed by atoms with Gasteiger partial charge in [-0.3, -0.25) is 4.99 Å². The van der Waals surface area contributed by atoms with E-state index in [2.05, 4.69) is 41.1 Å². The first-order chi connectivity index (χ1) is 11.2. The van der Waals surface area contributed by atoms with Crippen molar-refractivity contribution in [2.75, 3.05) is 26.7 Å². The molecule has 0 aliphatic carbocycles. The maximum Gasteiger partial charge on any atom is 0.193 e. The third-order valence-electron chi connectivity index (χ3n) is 3.41. The summed E-state index contributed by atoms with van der Waals surface area (Å²) in [6, 6.07) is 3.92. The number of hydrogen-bond acceptors (Lipinski definition) is 4. The second kappa shape index (κ2) is 9.35. The Balaban J connectivity index is 1.83. The summed E-state index contributed by atoms with van der Waals surface area (Å²) in [5.74, 6) is 1.94. The number of nitrogens with one attached hydrogen (secondary N) is 1. The molecule has 5 nitrogen and oxygen atoms in total. The van der Waals surface area contributed by atoms with E-state index in [0.29, 0.717) is 0 Å². The van der Waals surface area contributed by atoms with Crippen LogP contribution in [0.2, 0.25) is 0 Å². The zero-order valence-corrected chi connectivity index (χ0v) is 15.0. The number of rotatable bonds is 8. The summed E-state index contributed by atoms with van der Waals surface area (Å²) in [5, 5.41) is 4.61. The molecule has 0 spiro atoms. The lowest BCUT2D eigenvalue weighted by molar-refractivity contribution is 0.474. The van der Waals surface area contributed by atoms with E-state index < -0.39 is 0 Å². The molecule has 0 fully saturated rings. The molecule has 1 N–H and O–H groups in total. The maximum absolute atomic E-state index is 5.36. The number of thiazole rings is 1. The number of guanidine groups is 1. The van der Waals surface area contributed by atoms with Crippen LogP contribution in [0.15, 0.2) is 34.0 Å². The zero-order valence-electron chi connectivity index (χ0n) is 14.2. The Morgan fingerprint density at radius 3 is 2.96 bits per heavy atom. The van der Waals surface area contributed by atoms with Crippen LogP contribution in [0.25, 0.3) is 0 Å². The molecule has 0 saturated heterocycles. The summed E-state index contributed by atoms with van der Waals surface area (Å²) in [6.45, 7) is 6.79. The van der Waals surface area contributed by atoms with Gasteiger partial charge in [0.1, 0.15) is 5.76 Å². The molecule has 0 unspecified atom stereocenters. The molecule has 0 saturated carbocycles. The molecule has 2 aromatic heterocycles. The summed E-state index contributed by atoms with van der Waals surface area (Å²) < 4.78 is 5.36. The molecule has 126 valence electrons. The summed E-state index contributed by atoms with van der Waals surface area (Å²) in [6.07, 6.45) is 6.50. The van der Waals surface area contributed by atoms with Crippen LogP contribution in [-0.4, -0.2) is 42.5 Å². The van der Waals surface area contributed by atoms with E-state index in [0.717, 1.165) is 50.6 Å². The quantitative estimate of drug-likeness (QED) is 0.595. The molecular weight excluding hydrogens is 308 g/mol. The average Bonchev–Trinajstić information content (AvgIpc) is 3.20. The predicted molar refractivity (Wildman–Crippen MR) is 96.2 cm³/mol. The van der Waals surface area contributed by atoms with Crippen molar-refractivity contribution in [2.24, 2.45) is 4.99 Å². The second-order valence-electron chi connectivity index (χ2n) is 5.50.